The van der Waals surface area contributed by atoms with E-state index in [-0.39, 0.29) is 0 Å². The minimum atomic E-state index is 0.354. The first kappa shape index (κ1) is 10.1. The van der Waals surface area contributed by atoms with Crippen LogP contribution in [-0.4, -0.2) is 9.78 Å². The van der Waals surface area contributed by atoms with Gasteiger partial charge in [-0.25, -0.2) is 0 Å². The minimum Gasteiger partial charge on any atom is -0.382 e. The summed E-state index contributed by atoms with van der Waals surface area (Å²) in [7, 11) is 0. The van der Waals surface area contributed by atoms with Crippen LogP contribution in [-0.2, 0) is 6.54 Å². The number of aryl methyl sites for hydroxylation is 2. The van der Waals surface area contributed by atoms with E-state index in [1.165, 1.54) is 0 Å². The topological polar surface area (TPSA) is 43.8 Å². The Hall–Kier alpha value is -0.990. The Labute approximate surface area is 79.9 Å². The van der Waals surface area contributed by atoms with Gasteiger partial charge in [0.25, 0.3) is 0 Å². The van der Waals surface area contributed by atoms with Crippen LogP contribution in [0.2, 0.25) is 0 Å². The van der Waals surface area contributed by atoms with E-state index in [9.17, 15) is 0 Å². The molecule has 0 aliphatic rings. The Kier molecular flexibility index (Phi) is 2.64. The fourth-order valence-corrected chi connectivity index (χ4v) is 1.20. The standard InChI is InChI=1S/C10H19N3/c1-8-7-9(11)12-13(8)6-5-10(2,3)4/h7H,5-6H2,1-4H3,(H2,11,12). The van der Waals surface area contributed by atoms with E-state index in [0.29, 0.717) is 11.2 Å². The number of aromatic nitrogens is 2. The largest absolute Gasteiger partial charge is 0.382 e. The molecule has 0 bridgehead atoms. The van der Waals surface area contributed by atoms with Gasteiger partial charge in [0.15, 0.2) is 0 Å². The molecule has 0 saturated carbocycles. The van der Waals surface area contributed by atoms with E-state index >= 15 is 0 Å². The van der Waals surface area contributed by atoms with Crippen LogP contribution in [0, 0.1) is 12.3 Å². The van der Waals surface area contributed by atoms with E-state index in [4.69, 9.17) is 5.73 Å². The molecular weight excluding hydrogens is 162 g/mol. The molecule has 0 radical (unpaired) electrons. The van der Waals surface area contributed by atoms with Crippen LogP contribution in [0.3, 0.4) is 0 Å². The highest BCUT2D eigenvalue weighted by Gasteiger charge is 2.11. The summed E-state index contributed by atoms with van der Waals surface area (Å²) in [5, 5.41) is 4.21. The molecule has 0 unspecified atom stereocenters. The number of hydrogen-bond acceptors (Lipinski definition) is 2. The third-order valence-corrected chi connectivity index (χ3v) is 2.07. The van der Waals surface area contributed by atoms with Crippen molar-refractivity contribution in [3.63, 3.8) is 0 Å². The van der Waals surface area contributed by atoms with E-state index in [1.807, 2.05) is 17.7 Å². The molecule has 3 nitrogen and oxygen atoms in total. The third kappa shape index (κ3) is 3.09. The number of nitrogens with two attached hydrogens (primary N) is 1. The summed E-state index contributed by atoms with van der Waals surface area (Å²) in [5.41, 5.74) is 7.08. The summed E-state index contributed by atoms with van der Waals surface area (Å²) in [6, 6.07) is 1.91. The zero-order valence-corrected chi connectivity index (χ0v) is 8.96. The van der Waals surface area contributed by atoms with Crippen LogP contribution < -0.4 is 5.73 Å². The first-order valence-corrected chi connectivity index (χ1v) is 4.68. The summed E-state index contributed by atoms with van der Waals surface area (Å²) in [5.74, 6) is 0.617. The average molecular weight is 181 g/mol. The Balaban J connectivity index is 2.59. The SMILES string of the molecule is Cc1cc(N)nn1CCC(C)(C)C. The van der Waals surface area contributed by atoms with E-state index < -0.39 is 0 Å². The van der Waals surface area contributed by atoms with Crippen molar-refractivity contribution < 1.29 is 0 Å². The van der Waals surface area contributed by atoms with Crippen molar-refractivity contribution in [2.45, 2.75) is 40.7 Å². The van der Waals surface area contributed by atoms with Gasteiger partial charge < -0.3 is 5.73 Å². The molecule has 0 fully saturated rings. The van der Waals surface area contributed by atoms with Crippen molar-refractivity contribution in [3.05, 3.63) is 11.8 Å². The summed E-state index contributed by atoms with van der Waals surface area (Å²) < 4.78 is 1.97. The lowest BCUT2D eigenvalue weighted by Gasteiger charge is -2.18. The van der Waals surface area contributed by atoms with Crippen LogP contribution in [0.4, 0.5) is 5.82 Å². The predicted molar refractivity (Wildman–Crippen MR) is 55.4 cm³/mol. The monoisotopic (exact) mass is 181 g/mol. The maximum atomic E-state index is 5.59. The number of nitrogen functional groups attached to an aromatic ring is 1. The zero-order chi connectivity index (χ0) is 10.1. The van der Waals surface area contributed by atoms with Crippen LogP contribution in [0.15, 0.2) is 6.07 Å². The Morgan fingerprint density at radius 2 is 2.08 bits per heavy atom. The fraction of sp³-hybridized carbons (Fsp3) is 0.700. The Morgan fingerprint density at radius 3 is 2.46 bits per heavy atom. The van der Waals surface area contributed by atoms with Gasteiger partial charge in [-0.05, 0) is 18.8 Å². The third-order valence-electron chi connectivity index (χ3n) is 2.07. The number of hydrogen-bond donors (Lipinski definition) is 1. The lowest BCUT2D eigenvalue weighted by atomic mass is 9.92. The molecule has 1 rings (SSSR count). The van der Waals surface area contributed by atoms with Gasteiger partial charge in [0.2, 0.25) is 0 Å². The fourth-order valence-electron chi connectivity index (χ4n) is 1.20. The molecule has 74 valence electrons. The first-order valence-electron chi connectivity index (χ1n) is 4.68. The lowest BCUT2D eigenvalue weighted by Crippen LogP contribution is -2.12. The van der Waals surface area contributed by atoms with Gasteiger partial charge in [-0.15, -0.1) is 0 Å². The smallest absolute Gasteiger partial charge is 0.145 e. The predicted octanol–water partition coefficient (Wildman–Crippen LogP) is 2.21. The van der Waals surface area contributed by atoms with Crippen LogP contribution >= 0.6 is 0 Å². The molecule has 0 spiro atoms. The summed E-state index contributed by atoms with van der Waals surface area (Å²) in [6.45, 7) is 9.68. The van der Waals surface area contributed by atoms with E-state index in [0.717, 1.165) is 18.7 Å². The highest BCUT2D eigenvalue weighted by Crippen LogP contribution is 2.19. The first-order chi connectivity index (χ1) is 5.88. The lowest BCUT2D eigenvalue weighted by molar-refractivity contribution is 0.339. The van der Waals surface area contributed by atoms with Crippen LogP contribution in [0.1, 0.15) is 32.9 Å². The maximum absolute atomic E-state index is 5.59. The summed E-state index contributed by atoms with van der Waals surface area (Å²) in [6.07, 6.45) is 1.12. The van der Waals surface area contributed by atoms with Gasteiger partial charge in [-0.2, -0.15) is 5.10 Å². The quantitative estimate of drug-likeness (QED) is 0.760. The number of nitrogens with zero attached hydrogens (tertiary/aromatic N) is 2. The molecule has 0 saturated heterocycles. The molecule has 0 aromatic carbocycles. The van der Waals surface area contributed by atoms with Gasteiger partial charge in [-0.3, -0.25) is 4.68 Å². The van der Waals surface area contributed by atoms with Crippen molar-refractivity contribution in [2.24, 2.45) is 5.41 Å². The molecule has 3 heteroatoms. The van der Waals surface area contributed by atoms with Crippen LogP contribution in [0.25, 0.3) is 0 Å². The van der Waals surface area contributed by atoms with Gasteiger partial charge in [0.05, 0.1) is 0 Å². The molecule has 2 N–H and O–H groups in total. The second-order valence-electron chi connectivity index (χ2n) is 4.74. The van der Waals surface area contributed by atoms with Crippen molar-refractivity contribution >= 4 is 5.82 Å². The summed E-state index contributed by atoms with van der Waals surface area (Å²) >= 11 is 0. The van der Waals surface area contributed by atoms with E-state index in [1.54, 1.807) is 0 Å². The van der Waals surface area contributed by atoms with Crippen molar-refractivity contribution in [1.82, 2.24) is 9.78 Å². The molecular formula is C10H19N3. The van der Waals surface area contributed by atoms with Gasteiger partial charge in [-0.1, -0.05) is 20.8 Å². The molecule has 1 aromatic heterocycles. The number of anilines is 1. The average Bonchev–Trinajstić information content (AvgIpc) is 2.24. The van der Waals surface area contributed by atoms with Crippen molar-refractivity contribution in [3.8, 4) is 0 Å². The zero-order valence-electron chi connectivity index (χ0n) is 8.96. The van der Waals surface area contributed by atoms with Crippen molar-refractivity contribution in [1.29, 1.82) is 0 Å². The Morgan fingerprint density at radius 1 is 1.46 bits per heavy atom. The molecule has 1 heterocycles. The molecule has 0 atom stereocenters. The minimum absolute atomic E-state index is 0.354. The summed E-state index contributed by atoms with van der Waals surface area (Å²) in [4.78, 5) is 0. The molecule has 0 aliphatic carbocycles. The molecule has 1 aromatic rings. The highest BCUT2D eigenvalue weighted by atomic mass is 15.3. The van der Waals surface area contributed by atoms with E-state index in [2.05, 4.69) is 25.9 Å². The van der Waals surface area contributed by atoms with Gasteiger partial charge in [0, 0.05) is 18.3 Å². The maximum Gasteiger partial charge on any atom is 0.145 e. The Bertz CT molecular complexity index is 281. The molecule has 0 amide bonds. The van der Waals surface area contributed by atoms with Gasteiger partial charge in [0.1, 0.15) is 5.82 Å². The number of rotatable bonds is 2. The second kappa shape index (κ2) is 3.40. The van der Waals surface area contributed by atoms with Crippen LogP contribution in [0.5, 0.6) is 0 Å². The van der Waals surface area contributed by atoms with Gasteiger partial charge >= 0.3 is 0 Å². The van der Waals surface area contributed by atoms with Crippen molar-refractivity contribution in [2.75, 3.05) is 5.73 Å². The highest BCUT2D eigenvalue weighted by molar-refractivity contribution is 5.28. The molecule has 0 aliphatic heterocycles. The molecule has 13 heavy (non-hydrogen) atoms. The normalized spacial score (nSPS) is 12.0. The second-order valence-corrected chi connectivity index (χ2v) is 4.74.